The summed E-state index contributed by atoms with van der Waals surface area (Å²) < 4.78 is 2.16. The van der Waals surface area contributed by atoms with Crippen molar-refractivity contribution in [1.29, 1.82) is 0 Å². The molecule has 25 heavy (non-hydrogen) atoms. The standard InChI is InChI=1S/C17H24N4O2S2/c1-24-9-4-15(22)17(23)20-6-2-13(3-7-20)16-18-5-8-21(16)10-14-11-25-12-19-14/h5,8,11-13,15,22H,2-4,6-7,9-10H2,1H3/t15-/m1/s1. The lowest BCUT2D eigenvalue weighted by Crippen LogP contribution is -2.44. The third-order valence-corrected chi connectivity index (χ3v) is 5.89. The predicted octanol–water partition coefficient (Wildman–Crippen LogP) is 2.21. The van der Waals surface area contributed by atoms with Gasteiger partial charge in [-0.25, -0.2) is 9.97 Å². The van der Waals surface area contributed by atoms with E-state index in [0.29, 0.717) is 25.4 Å². The normalized spacial score (nSPS) is 17.0. The van der Waals surface area contributed by atoms with Crippen molar-refractivity contribution < 1.29 is 9.90 Å². The number of imidazole rings is 1. The van der Waals surface area contributed by atoms with Crippen molar-refractivity contribution in [3.05, 3.63) is 34.8 Å². The van der Waals surface area contributed by atoms with E-state index < -0.39 is 6.10 Å². The largest absolute Gasteiger partial charge is 0.383 e. The van der Waals surface area contributed by atoms with E-state index in [1.807, 2.05) is 24.2 Å². The molecule has 0 spiro atoms. The summed E-state index contributed by atoms with van der Waals surface area (Å²) in [5, 5.41) is 12.1. The Hall–Kier alpha value is -1.38. The molecule has 3 heterocycles. The molecule has 0 bridgehead atoms. The van der Waals surface area contributed by atoms with Crippen molar-refractivity contribution in [2.45, 2.75) is 37.8 Å². The minimum absolute atomic E-state index is 0.127. The molecule has 1 aliphatic rings. The molecule has 136 valence electrons. The molecule has 0 aromatic carbocycles. The van der Waals surface area contributed by atoms with Crippen LogP contribution in [0.5, 0.6) is 0 Å². The molecule has 8 heteroatoms. The van der Waals surface area contributed by atoms with Gasteiger partial charge >= 0.3 is 0 Å². The highest BCUT2D eigenvalue weighted by Crippen LogP contribution is 2.28. The van der Waals surface area contributed by atoms with E-state index in [9.17, 15) is 9.90 Å². The molecule has 1 N–H and O–H groups in total. The van der Waals surface area contributed by atoms with Gasteiger partial charge in [0, 0.05) is 36.8 Å². The topological polar surface area (TPSA) is 71.2 Å². The maximum absolute atomic E-state index is 12.3. The van der Waals surface area contributed by atoms with E-state index in [2.05, 4.69) is 19.9 Å². The Labute approximate surface area is 156 Å². The maximum Gasteiger partial charge on any atom is 0.251 e. The minimum Gasteiger partial charge on any atom is -0.383 e. The lowest BCUT2D eigenvalue weighted by molar-refractivity contribution is -0.141. The summed E-state index contributed by atoms with van der Waals surface area (Å²) in [6.07, 6.45) is 7.25. The summed E-state index contributed by atoms with van der Waals surface area (Å²) in [4.78, 5) is 23.0. The van der Waals surface area contributed by atoms with E-state index in [0.717, 1.165) is 36.7 Å². The minimum atomic E-state index is -0.865. The number of hydrogen-bond donors (Lipinski definition) is 1. The summed E-state index contributed by atoms with van der Waals surface area (Å²) in [7, 11) is 0. The van der Waals surface area contributed by atoms with E-state index in [1.54, 1.807) is 28.0 Å². The number of amides is 1. The van der Waals surface area contributed by atoms with Gasteiger partial charge in [0.05, 0.1) is 17.7 Å². The number of piperidine rings is 1. The van der Waals surface area contributed by atoms with Gasteiger partial charge in [-0.3, -0.25) is 4.79 Å². The molecule has 0 aliphatic carbocycles. The van der Waals surface area contributed by atoms with E-state index in [1.165, 1.54) is 0 Å². The van der Waals surface area contributed by atoms with Gasteiger partial charge < -0.3 is 14.6 Å². The molecule has 0 saturated carbocycles. The van der Waals surface area contributed by atoms with Crippen molar-refractivity contribution >= 4 is 29.0 Å². The second-order valence-corrected chi connectivity index (χ2v) is 7.99. The molecule has 3 rings (SSSR count). The number of carbonyl (C=O) groups is 1. The van der Waals surface area contributed by atoms with Gasteiger partial charge in [-0.1, -0.05) is 0 Å². The van der Waals surface area contributed by atoms with Crippen LogP contribution in [0.15, 0.2) is 23.3 Å². The molecule has 1 saturated heterocycles. The Bertz CT molecular complexity index is 666. The SMILES string of the molecule is CSCC[C@@H](O)C(=O)N1CCC(c2nccn2Cc2cscn2)CC1. The van der Waals surface area contributed by atoms with Crippen LogP contribution in [-0.2, 0) is 11.3 Å². The van der Waals surface area contributed by atoms with Crippen LogP contribution in [0.1, 0.15) is 36.7 Å². The quantitative estimate of drug-likeness (QED) is 0.797. The van der Waals surface area contributed by atoms with Crippen LogP contribution in [0.3, 0.4) is 0 Å². The Balaban J connectivity index is 1.56. The number of aliphatic hydroxyl groups is 1. The van der Waals surface area contributed by atoms with Crippen molar-refractivity contribution in [2.75, 3.05) is 25.1 Å². The smallest absolute Gasteiger partial charge is 0.251 e. The summed E-state index contributed by atoms with van der Waals surface area (Å²) in [6, 6.07) is 0. The number of nitrogens with zero attached hydrogens (tertiary/aromatic N) is 4. The molecule has 2 aromatic rings. The van der Waals surface area contributed by atoms with Crippen molar-refractivity contribution in [1.82, 2.24) is 19.4 Å². The van der Waals surface area contributed by atoms with Crippen LogP contribution in [0, 0.1) is 0 Å². The van der Waals surface area contributed by atoms with Crippen molar-refractivity contribution in [3.63, 3.8) is 0 Å². The number of likely N-dealkylation sites (tertiary alicyclic amines) is 1. The van der Waals surface area contributed by atoms with E-state index in [-0.39, 0.29) is 5.91 Å². The first-order valence-corrected chi connectivity index (χ1v) is 10.9. The molecule has 1 aliphatic heterocycles. The van der Waals surface area contributed by atoms with Crippen LogP contribution in [0.4, 0.5) is 0 Å². The van der Waals surface area contributed by atoms with Gasteiger partial charge in [0.2, 0.25) is 0 Å². The van der Waals surface area contributed by atoms with Crippen molar-refractivity contribution in [3.8, 4) is 0 Å². The highest BCUT2D eigenvalue weighted by Gasteiger charge is 2.29. The fourth-order valence-electron chi connectivity index (χ4n) is 3.23. The van der Waals surface area contributed by atoms with Crippen LogP contribution in [0.25, 0.3) is 0 Å². The van der Waals surface area contributed by atoms with Crippen LogP contribution in [0.2, 0.25) is 0 Å². The third-order valence-electron chi connectivity index (χ3n) is 4.62. The Morgan fingerprint density at radius 1 is 1.44 bits per heavy atom. The highest BCUT2D eigenvalue weighted by molar-refractivity contribution is 7.98. The number of thioether (sulfide) groups is 1. The van der Waals surface area contributed by atoms with Gasteiger partial charge in [-0.2, -0.15) is 11.8 Å². The zero-order valence-electron chi connectivity index (χ0n) is 14.4. The predicted molar refractivity (Wildman–Crippen MR) is 101 cm³/mol. The summed E-state index contributed by atoms with van der Waals surface area (Å²) in [5.74, 6) is 2.10. The molecule has 1 fully saturated rings. The molecule has 0 unspecified atom stereocenters. The van der Waals surface area contributed by atoms with E-state index >= 15 is 0 Å². The Kier molecular flexibility index (Phi) is 6.50. The second kappa shape index (κ2) is 8.82. The van der Waals surface area contributed by atoms with Crippen LogP contribution >= 0.6 is 23.1 Å². The fourth-order valence-corrected chi connectivity index (χ4v) is 4.23. The number of carbonyl (C=O) groups excluding carboxylic acids is 1. The summed E-state index contributed by atoms with van der Waals surface area (Å²) in [5.41, 5.74) is 2.90. The van der Waals surface area contributed by atoms with Crippen molar-refractivity contribution in [2.24, 2.45) is 0 Å². The van der Waals surface area contributed by atoms with Gasteiger partial charge in [0.15, 0.2) is 0 Å². The average Bonchev–Trinajstić information content (AvgIpc) is 3.31. The molecular weight excluding hydrogens is 356 g/mol. The lowest BCUT2D eigenvalue weighted by Gasteiger charge is -2.33. The molecule has 6 nitrogen and oxygen atoms in total. The zero-order valence-corrected chi connectivity index (χ0v) is 16.0. The summed E-state index contributed by atoms with van der Waals surface area (Å²) in [6.45, 7) is 2.11. The molecular formula is C17H24N4O2S2. The molecule has 1 atom stereocenters. The average molecular weight is 381 g/mol. The number of aliphatic hydroxyl groups excluding tert-OH is 1. The van der Waals surface area contributed by atoms with E-state index in [4.69, 9.17) is 0 Å². The third kappa shape index (κ3) is 4.62. The lowest BCUT2D eigenvalue weighted by atomic mass is 9.95. The van der Waals surface area contributed by atoms with Gasteiger partial charge in [-0.15, -0.1) is 11.3 Å². The molecule has 2 aromatic heterocycles. The van der Waals surface area contributed by atoms with Crippen LogP contribution in [-0.4, -0.2) is 61.7 Å². The number of hydrogen-bond acceptors (Lipinski definition) is 6. The summed E-state index contributed by atoms with van der Waals surface area (Å²) >= 11 is 3.25. The zero-order chi connectivity index (χ0) is 17.6. The molecule has 0 radical (unpaired) electrons. The first-order valence-electron chi connectivity index (χ1n) is 8.53. The maximum atomic E-state index is 12.3. The number of rotatable bonds is 7. The highest BCUT2D eigenvalue weighted by atomic mass is 32.2. The number of aromatic nitrogens is 3. The molecule has 1 amide bonds. The van der Waals surface area contributed by atoms with Gasteiger partial charge in [0.1, 0.15) is 11.9 Å². The monoisotopic (exact) mass is 380 g/mol. The van der Waals surface area contributed by atoms with Gasteiger partial charge in [0.25, 0.3) is 5.91 Å². The fraction of sp³-hybridized carbons (Fsp3) is 0.588. The Morgan fingerprint density at radius 2 is 2.24 bits per heavy atom. The second-order valence-electron chi connectivity index (χ2n) is 6.29. The Morgan fingerprint density at radius 3 is 2.92 bits per heavy atom. The van der Waals surface area contributed by atoms with Crippen LogP contribution < -0.4 is 0 Å². The first kappa shape index (κ1) is 18.4. The van der Waals surface area contributed by atoms with Gasteiger partial charge in [-0.05, 0) is 31.3 Å². The first-order chi connectivity index (χ1) is 12.2. The number of thiazole rings is 1.